The minimum Gasteiger partial charge on any atom is -0.442 e. The van der Waals surface area contributed by atoms with Crippen LogP contribution in [0.15, 0.2) is 48.2 Å². The number of esters is 1. The van der Waals surface area contributed by atoms with E-state index in [0.717, 1.165) is 116 Å². The molecule has 2 atom stereocenters. The molecule has 13 heteroatoms. The van der Waals surface area contributed by atoms with E-state index in [0.29, 0.717) is 38.6 Å². The fraction of sp³-hybridized carbons (Fsp3) is 0.591. The highest BCUT2D eigenvalue weighted by molar-refractivity contribution is 5.88. The van der Waals surface area contributed by atoms with Crippen LogP contribution in [0.2, 0.25) is 0 Å². The lowest BCUT2D eigenvalue weighted by Crippen LogP contribution is -2.59. The topological polar surface area (TPSA) is 136 Å². The summed E-state index contributed by atoms with van der Waals surface area (Å²) in [6.07, 6.45) is 10.9. The molecule has 3 saturated heterocycles. The summed E-state index contributed by atoms with van der Waals surface area (Å²) in [5.41, 5.74) is 5.33. The van der Waals surface area contributed by atoms with Gasteiger partial charge < -0.3 is 35.2 Å². The van der Waals surface area contributed by atoms with Crippen LogP contribution in [0.25, 0.3) is 17.0 Å². The number of nitrogens with zero attached hydrogens (tertiary/aromatic N) is 6. The Labute approximate surface area is 336 Å². The van der Waals surface area contributed by atoms with Crippen LogP contribution in [-0.2, 0) is 27.5 Å². The fourth-order valence-electron chi connectivity index (χ4n) is 9.65. The van der Waals surface area contributed by atoms with Crippen molar-refractivity contribution in [1.29, 1.82) is 0 Å². The zero-order valence-corrected chi connectivity index (χ0v) is 33.9. The Morgan fingerprint density at radius 1 is 0.982 bits per heavy atom. The second-order valence-corrected chi connectivity index (χ2v) is 17.3. The highest BCUT2D eigenvalue weighted by Crippen LogP contribution is 2.50. The lowest BCUT2D eigenvalue weighted by atomic mass is 9.85. The van der Waals surface area contributed by atoms with Crippen molar-refractivity contribution in [3.05, 3.63) is 64.9 Å². The quantitative estimate of drug-likeness (QED) is 0.234. The number of aliphatic hydroxyl groups excluding tert-OH is 1. The van der Waals surface area contributed by atoms with Crippen molar-refractivity contribution < 1.29 is 24.2 Å². The Morgan fingerprint density at radius 2 is 1.72 bits per heavy atom. The smallest absolute Gasteiger partial charge is 0.318 e. The summed E-state index contributed by atoms with van der Waals surface area (Å²) in [6.45, 7) is 10.4. The molecule has 3 amide bonds. The molecule has 1 aliphatic carbocycles. The summed E-state index contributed by atoms with van der Waals surface area (Å²) in [5, 5.41) is 23.0. The Kier molecular flexibility index (Phi) is 11.6. The van der Waals surface area contributed by atoms with Gasteiger partial charge in [0.2, 0.25) is 5.91 Å². The maximum atomic E-state index is 14.4. The minimum atomic E-state index is -0.754. The summed E-state index contributed by atoms with van der Waals surface area (Å²) >= 11 is 0. The molecule has 1 saturated carbocycles. The summed E-state index contributed by atoms with van der Waals surface area (Å²) < 4.78 is 7.40. The first kappa shape index (κ1) is 39.4. The van der Waals surface area contributed by atoms with Crippen LogP contribution in [0.4, 0.5) is 10.5 Å². The number of aromatic nitrogens is 2. The van der Waals surface area contributed by atoms with Crippen LogP contribution in [0.5, 0.6) is 0 Å². The predicted octanol–water partition coefficient (Wildman–Crippen LogP) is 4.82. The van der Waals surface area contributed by atoms with Gasteiger partial charge in [0.25, 0.3) is 0 Å². The van der Waals surface area contributed by atoms with E-state index >= 15 is 0 Å². The van der Waals surface area contributed by atoms with E-state index in [9.17, 15) is 19.5 Å². The van der Waals surface area contributed by atoms with E-state index in [4.69, 9.17) is 9.84 Å². The summed E-state index contributed by atoms with van der Waals surface area (Å²) in [5.74, 6) is -0.0438. The van der Waals surface area contributed by atoms with Gasteiger partial charge >= 0.3 is 12.0 Å². The van der Waals surface area contributed by atoms with Crippen molar-refractivity contribution in [3.8, 4) is 0 Å². The second-order valence-electron chi connectivity index (χ2n) is 17.3. The van der Waals surface area contributed by atoms with Crippen molar-refractivity contribution in [3.63, 3.8) is 0 Å². The summed E-state index contributed by atoms with van der Waals surface area (Å²) in [6, 6.07) is 11.6. The number of carbonyl (C=O) groups is 3. The van der Waals surface area contributed by atoms with Gasteiger partial charge in [-0.1, -0.05) is 37.6 Å². The van der Waals surface area contributed by atoms with Gasteiger partial charge in [-0.3, -0.25) is 14.5 Å². The average Bonchev–Trinajstić information content (AvgIpc) is 3.89. The van der Waals surface area contributed by atoms with Crippen LogP contribution in [0.3, 0.4) is 0 Å². The van der Waals surface area contributed by atoms with Crippen LogP contribution >= 0.6 is 0 Å². The van der Waals surface area contributed by atoms with E-state index in [1.807, 2.05) is 53.3 Å². The number of nitrogens with one attached hydrogen (secondary N) is 2. The first-order valence-electron chi connectivity index (χ1n) is 21.2. The van der Waals surface area contributed by atoms with Crippen LogP contribution in [-0.4, -0.2) is 130 Å². The van der Waals surface area contributed by atoms with Crippen molar-refractivity contribution in [2.45, 2.75) is 96.7 Å². The zero-order chi connectivity index (χ0) is 39.7. The number of benzene rings is 2. The second kappa shape index (κ2) is 16.8. The number of amides is 3. The zero-order valence-electron chi connectivity index (χ0n) is 33.9. The molecule has 2 aromatic carbocycles. The average molecular weight is 781 g/mol. The Hall–Kier alpha value is -4.46. The molecule has 3 N–H and O–H groups in total. The number of carbonyl (C=O) groups excluding carboxylic acids is 3. The fourth-order valence-corrected chi connectivity index (χ4v) is 9.65. The number of urea groups is 1. The van der Waals surface area contributed by atoms with Crippen molar-refractivity contribution in [2.24, 2.45) is 11.3 Å². The number of aliphatic hydroxyl groups is 1. The minimum absolute atomic E-state index is 0.0528. The number of likely N-dealkylation sites (tertiary alicyclic amines) is 2. The SMILES string of the molecule is CCCC1(C(=O)OCn2cc3cc(CC(NC(=O)N4CCC(C5=Cc6ccccc6NC5O)CC4)C(=O)N4CCN(C5CCN(C)CC5)CC4)cc(C)c3n2)CC1. The number of rotatable bonds is 11. The van der Waals surface area contributed by atoms with Crippen LogP contribution in [0.1, 0.15) is 75.0 Å². The van der Waals surface area contributed by atoms with E-state index in [2.05, 4.69) is 46.5 Å². The number of hydrogen-bond acceptors (Lipinski definition) is 9. The normalized spacial score (nSPS) is 22.4. The first-order chi connectivity index (χ1) is 27.6. The number of fused-ring (bicyclic) bond motifs is 2. The number of piperidine rings is 2. The summed E-state index contributed by atoms with van der Waals surface area (Å²) in [4.78, 5) is 50.0. The number of aryl methyl sites for hydroxylation is 1. The molecule has 5 heterocycles. The van der Waals surface area contributed by atoms with Crippen molar-refractivity contribution >= 4 is 40.6 Å². The number of anilines is 1. The number of para-hydroxylation sites is 1. The van der Waals surface area contributed by atoms with Gasteiger partial charge in [-0.05, 0) is 118 Å². The molecule has 1 aromatic heterocycles. The third-order valence-corrected chi connectivity index (χ3v) is 13.3. The molecule has 0 radical (unpaired) electrons. The van der Waals surface area contributed by atoms with Crippen molar-refractivity contribution in [2.75, 3.05) is 64.7 Å². The molecule has 4 aliphatic heterocycles. The van der Waals surface area contributed by atoms with E-state index in [1.165, 1.54) is 0 Å². The number of piperazine rings is 1. The Bertz CT molecular complexity index is 1970. The summed E-state index contributed by atoms with van der Waals surface area (Å²) in [7, 11) is 2.18. The molecule has 3 aromatic rings. The van der Waals surface area contributed by atoms with Crippen LogP contribution in [0, 0.1) is 18.3 Å². The van der Waals surface area contributed by atoms with Gasteiger partial charge in [-0.15, -0.1) is 0 Å². The third-order valence-electron chi connectivity index (χ3n) is 13.3. The monoisotopic (exact) mass is 780 g/mol. The largest absolute Gasteiger partial charge is 0.442 e. The molecule has 8 rings (SSSR count). The molecule has 2 unspecified atom stereocenters. The lowest BCUT2D eigenvalue weighted by molar-refractivity contribution is -0.155. The number of hydrogen-bond donors (Lipinski definition) is 3. The predicted molar refractivity (Wildman–Crippen MR) is 220 cm³/mol. The molecule has 13 nitrogen and oxygen atoms in total. The van der Waals surface area contributed by atoms with Gasteiger partial charge in [-0.25, -0.2) is 9.48 Å². The maximum absolute atomic E-state index is 14.4. The first-order valence-corrected chi connectivity index (χ1v) is 21.2. The standard InChI is InChI=1S/C44H60N8O5/c1-4-13-44(14-15-44)42(55)57-29-52-28-34-25-31(24-30(2)39(34)47-52)26-38(41(54)50-22-20-49(21-23-50)35-11-16-48(3)17-12-35)46-43(56)51-18-9-32(10-19-51)36-27-33-7-5-6-8-37(33)45-40(36)53/h5-8,24-25,27-28,32,35,38,40,45,53H,4,9-23,26,29H2,1-3H3,(H,46,56). The molecule has 5 aliphatic rings. The molecular weight excluding hydrogens is 721 g/mol. The molecule has 4 fully saturated rings. The molecule has 0 bridgehead atoms. The van der Waals surface area contributed by atoms with Gasteiger partial charge in [0, 0.05) is 69.0 Å². The van der Waals surface area contributed by atoms with Gasteiger partial charge in [-0.2, -0.15) is 5.10 Å². The van der Waals surface area contributed by atoms with Crippen LogP contribution < -0.4 is 10.6 Å². The molecule has 306 valence electrons. The Morgan fingerprint density at radius 3 is 2.44 bits per heavy atom. The third kappa shape index (κ3) is 8.71. The van der Waals surface area contributed by atoms with Crippen molar-refractivity contribution in [1.82, 2.24) is 34.7 Å². The Balaban J connectivity index is 0.947. The lowest BCUT2D eigenvalue weighted by Gasteiger charge is -2.43. The van der Waals surface area contributed by atoms with Gasteiger partial charge in [0.05, 0.1) is 10.9 Å². The van der Waals surface area contributed by atoms with Gasteiger partial charge in [0.1, 0.15) is 12.3 Å². The van der Waals surface area contributed by atoms with Gasteiger partial charge in [0.15, 0.2) is 6.73 Å². The highest BCUT2D eigenvalue weighted by atomic mass is 16.5. The van der Waals surface area contributed by atoms with E-state index in [1.54, 1.807) is 4.68 Å². The van der Waals surface area contributed by atoms with E-state index < -0.39 is 12.3 Å². The maximum Gasteiger partial charge on any atom is 0.318 e. The molecule has 0 spiro atoms. The number of ether oxygens (including phenoxy) is 1. The molecular formula is C44H60N8O5. The molecule has 57 heavy (non-hydrogen) atoms. The highest BCUT2D eigenvalue weighted by Gasteiger charge is 2.50. The van der Waals surface area contributed by atoms with E-state index in [-0.39, 0.29) is 36.0 Å².